The van der Waals surface area contributed by atoms with Gasteiger partial charge in [-0.05, 0) is 17.7 Å². The predicted molar refractivity (Wildman–Crippen MR) is 117 cm³/mol. The van der Waals surface area contributed by atoms with E-state index in [1.165, 1.54) is 14.2 Å². The van der Waals surface area contributed by atoms with Gasteiger partial charge in [0.15, 0.2) is 17.3 Å². The number of nitrogens with zero attached hydrogens (tertiary/aromatic N) is 3. The Labute approximate surface area is 177 Å². The molecule has 4 rings (SSSR count). The molecule has 0 aliphatic heterocycles. The number of aromatic amines is 1. The molecule has 1 N–H and O–H groups in total. The van der Waals surface area contributed by atoms with Gasteiger partial charge in [0.1, 0.15) is 0 Å². The standard InChI is InChI=1S/C22H19ClN4O3/c1-29-19-9-16-18(10-20(19)30-2)25-21(26-22(16)28)17(23)8-15-11-24-27(13-15)12-14-6-4-3-5-7-14/h3-11,13H,12H2,1-2H3,(H,25,26,28)/b17-8-. The molecule has 7 nitrogen and oxygen atoms in total. The third-order valence-electron chi connectivity index (χ3n) is 4.57. The van der Waals surface area contributed by atoms with E-state index in [1.54, 1.807) is 24.4 Å². The van der Waals surface area contributed by atoms with Crippen LogP contribution < -0.4 is 15.0 Å². The first-order valence-electron chi connectivity index (χ1n) is 9.17. The number of hydrogen-bond donors (Lipinski definition) is 1. The summed E-state index contributed by atoms with van der Waals surface area (Å²) in [6.07, 6.45) is 5.29. The topological polar surface area (TPSA) is 82.0 Å². The van der Waals surface area contributed by atoms with Crippen LogP contribution >= 0.6 is 11.6 Å². The van der Waals surface area contributed by atoms with Crippen LogP contribution in [0.3, 0.4) is 0 Å². The van der Waals surface area contributed by atoms with E-state index in [0.717, 1.165) is 11.1 Å². The lowest BCUT2D eigenvalue weighted by Crippen LogP contribution is -2.11. The highest BCUT2D eigenvalue weighted by molar-refractivity contribution is 6.50. The van der Waals surface area contributed by atoms with E-state index in [2.05, 4.69) is 15.1 Å². The van der Waals surface area contributed by atoms with Crippen molar-refractivity contribution >= 4 is 33.6 Å². The lowest BCUT2D eigenvalue weighted by Gasteiger charge is -2.09. The van der Waals surface area contributed by atoms with Crippen molar-refractivity contribution in [1.29, 1.82) is 0 Å². The van der Waals surface area contributed by atoms with Crippen molar-refractivity contribution in [3.63, 3.8) is 0 Å². The Morgan fingerprint density at radius 1 is 1.17 bits per heavy atom. The van der Waals surface area contributed by atoms with Crippen molar-refractivity contribution in [2.45, 2.75) is 6.54 Å². The number of fused-ring (bicyclic) bond motifs is 1. The lowest BCUT2D eigenvalue weighted by molar-refractivity contribution is 0.355. The maximum absolute atomic E-state index is 12.5. The molecule has 0 atom stereocenters. The molecule has 2 aromatic carbocycles. The number of nitrogens with one attached hydrogen (secondary N) is 1. The van der Waals surface area contributed by atoms with Gasteiger partial charge in [-0.1, -0.05) is 41.9 Å². The summed E-state index contributed by atoms with van der Waals surface area (Å²) < 4.78 is 12.4. The van der Waals surface area contributed by atoms with Crippen molar-refractivity contribution < 1.29 is 9.47 Å². The molecular weight excluding hydrogens is 404 g/mol. The van der Waals surface area contributed by atoms with Crippen LogP contribution in [0.2, 0.25) is 0 Å². The Balaban J connectivity index is 1.65. The Kier molecular flexibility index (Phi) is 5.54. The minimum absolute atomic E-state index is 0.261. The smallest absolute Gasteiger partial charge is 0.259 e. The molecule has 0 aliphatic carbocycles. The van der Waals surface area contributed by atoms with Gasteiger partial charge in [0.25, 0.3) is 5.56 Å². The molecule has 0 saturated heterocycles. The highest BCUT2D eigenvalue weighted by Gasteiger charge is 2.12. The van der Waals surface area contributed by atoms with Crippen LogP contribution in [0.5, 0.6) is 11.5 Å². The van der Waals surface area contributed by atoms with E-state index in [4.69, 9.17) is 21.1 Å². The van der Waals surface area contributed by atoms with Gasteiger partial charge in [-0.3, -0.25) is 9.48 Å². The van der Waals surface area contributed by atoms with Gasteiger partial charge in [0, 0.05) is 17.8 Å². The molecule has 30 heavy (non-hydrogen) atoms. The Hall–Kier alpha value is -3.58. The summed E-state index contributed by atoms with van der Waals surface area (Å²) in [7, 11) is 3.04. The first-order valence-corrected chi connectivity index (χ1v) is 9.55. The zero-order chi connectivity index (χ0) is 21.1. The molecule has 2 aromatic heterocycles. The van der Waals surface area contributed by atoms with Crippen molar-refractivity contribution in [2.24, 2.45) is 0 Å². The van der Waals surface area contributed by atoms with Crippen LogP contribution in [-0.4, -0.2) is 34.0 Å². The molecular formula is C22H19ClN4O3. The fourth-order valence-electron chi connectivity index (χ4n) is 3.10. The number of hydrogen-bond acceptors (Lipinski definition) is 5. The molecule has 0 spiro atoms. The summed E-state index contributed by atoms with van der Waals surface area (Å²) in [6, 6.07) is 13.3. The number of halogens is 1. The average Bonchev–Trinajstić information content (AvgIpc) is 3.20. The third kappa shape index (κ3) is 4.06. The molecule has 152 valence electrons. The zero-order valence-corrected chi connectivity index (χ0v) is 17.2. The zero-order valence-electron chi connectivity index (χ0n) is 16.4. The molecule has 2 heterocycles. The van der Waals surface area contributed by atoms with Gasteiger partial charge >= 0.3 is 0 Å². The summed E-state index contributed by atoms with van der Waals surface area (Å²) in [6.45, 7) is 0.652. The lowest BCUT2D eigenvalue weighted by atomic mass is 10.2. The largest absolute Gasteiger partial charge is 0.493 e. The van der Waals surface area contributed by atoms with Crippen LogP contribution in [0.15, 0.2) is 59.7 Å². The first-order chi connectivity index (χ1) is 14.6. The van der Waals surface area contributed by atoms with E-state index < -0.39 is 0 Å². The highest BCUT2D eigenvalue weighted by Crippen LogP contribution is 2.30. The maximum Gasteiger partial charge on any atom is 0.259 e. The maximum atomic E-state index is 12.5. The highest BCUT2D eigenvalue weighted by atomic mass is 35.5. The normalized spacial score (nSPS) is 11.6. The second-order valence-electron chi connectivity index (χ2n) is 6.59. The van der Waals surface area contributed by atoms with Crippen LogP contribution in [0.4, 0.5) is 0 Å². The molecule has 4 aromatic rings. The number of rotatable bonds is 6. The van der Waals surface area contributed by atoms with E-state index in [9.17, 15) is 4.79 Å². The predicted octanol–water partition coefficient (Wildman–Crippen LogP) is 3.92. The third-order valence-corrected chi connectivity index (χ3v) is 4.86. The van der Waals surface area contributed by atoms with Crippen molar-refractivity contribution in [3.8, 4) is 11.5 Å². The van der Waals surface area contributed by atoms with E-state index in [0.29, 0.717) is 34.0 Å². The van der Waals surface area contributed by atoms with E-state index >= 15 is 0 Å². The average molecular weight is 423 g/mol. The fraction of sp³-hybridized carbons (Fsp3) is 0.136. The molecule has 0 radical (unpaired) electrons. The van der Waals surface area contributed by atoms with Crippen LogP contribution in [0, 0.1) is 0 Å². The Morgan fingerprint density at radius 2 is 1.90 bits per heavy atom. The summed E-state index contributed by atoms with van der Waals surface area (Å²) in [4.78, 5) is 19.7. The second kappa shape index (κ2) is 8.42. The SMILES string of the molecule is COc1cc2nc(/C(Cl)=C/c3cnn(Cc4ccccc4)c3)[nH]c(=O)c2cc1OC. The van der Waals surface area contributed by atoms with Crippen LogP contribution in [0.1, 0.15) is 17.0 Å². The minimum atomic E-state index is -0.317. The Bertz CT molecular complexity index is 1280. The van der Waals surface area contributed by atoms with Gasteiger partial charge < -0.3 is 14.5 Å². The number of aromatic nitrogens is 4. The van der Waals surface area contributed by atoms with Gasteiger partial charge in [-0.15, -0.1) is 0 Å². The molecule has 0 aliphatic rings. The van der Waals surface area contributed by atoms with Gasteiger partial charge in [0.05, 0.1) is 42.9 Å². The number of methoxy groups -OCH3 is 2. The number of ether oxygens (including phenoxy) is 2. The van der Waals surface area contributed by atoms with Crippen molar-refractivity contribution in [3.05, 3.63) is 82.2 Å². The number of H-pyrrole nitrogens is 1. The monoisotopic (exact) mass is 422 g/mol. The minimum Gasteiger partial charge on any atom is -0.493 e. The molecule has 8 heteroatoms. The summed E-state index contributed by atoms with van der Waals surface area (Å²) in [5.41, 5.74) is 2.08. The molecule has 0 unspecified atom stereocenters. The van der Waals surface area contributed by atoms with Gasteiger partial charge in [-0.2, -0.15) is 5.10 Å². The molecule has 0 saturated carbocycles. The van der Waals surface area contributed by atoms with Gasteiger partial charge in [-0.25, -0.2) is 4.98 Å². The summed E-state index contributed by atoms with van der Waals surface area (Å²) >= 11 is 6.45. The van der Waals surface area contributed by atoms with Crippen LogP contribution in [0.25, 0.3) is 22.0 Å². The summed E-state index contributed by atoms with van der Waals surface area (Å²) in [5.74, 6) is 1.20. The van der Waals surface area contributed by atoms with Gasteiger partial charge in [0.2, 0.25) is 0 Å². The molecule has 0 amide bonds. The second-order valence-corrected chi connectivity index (χ2v) is 7.00. The van der Waals surface area contributed by atoms with E-state index in [1.807, 2.05) is 41.2 Å². The van der Waals surface area contributed by atoms with Crippen molar-refractivity contribution in [1.82, 2.24) is 19.7 Å². The Morgan fingerprint density at radius 3 is 2.63 bits per heavy atom. The molecule has 0 bridgehead atoms. The molecule has 0 fully saturated rings. The summed E-state index contributed by atoms with van der Waals surface area (Å²) in [5, 5.41) is 5.04. The van der Waals surface area contributed by atoms with Crippen molar-refractivity contribution in [2.75, 3.05) is 14.2 Å². The first kappa shape index (κ1) is 19.7. The number of benzene rings is 2. The fourth-order valence-corrected chi connectivity index (χ4v) is 3.32. The van der Waals surface area contributed by atoms with Crippen LogP contribution in [-0.2, 0) is 6.54 Å². The van der Waals surface area contributed by atoms with E-state index in [-0.39, 0.29) is 11.4 Å². The quantitative estimate of drug-likeness (QED) is 0.509.